The number of ether oxygens (including phenoxy) is 5. The van der Waals surface area contributed by atoms with Crippen molar-refractivity contribution in [1.29, 1.82) is 0 Å². The Morgan fingerprint density at radius 2 is 0.595 bits per heavy atom. The van der Waals surface area contributed by atoms with Gasteiger partial charge in [0.2, 0.25) is 0 Å². The van der Waals surface area contributed by atoms with Crippen LogP contribution >= 0.6 is 34.4 Å². The van der Waals surface area contributed by atoms with Crippen molar-refractivity contribution in [2.24, 2.45) is 5.73 Å². The van der Waals surface area contributed by atoms with Crippen molar-refractivity contribution >= 4 is 151 Å². The molecule has 0 spiro atoms. The molecule has 10 aromatic rings. The minimum absolute atomic E-state index is 0.407. The molecule has 0 aromatic carbocycles. The Morgan fingerprint density at radius 1 is 0.328 bits per heavy atom. The third kappa shape index (κ3) is 26.7. The highest BCUT2D eigenvalue weighted by Gasteiger charge is 2.49. The third-order valence-corrected chi connectivity index (χ3v) is 30.5. The van der Waals surface area contributed by atoms with Gasteiger partial charge in [0.15, 0.2) is 105 Å². The quantitative estimate of drug-likeness (QED) is 0.0150. The summed E-state index contributed by atoms with van der Waals surface area (Å²) in [7, 11) is 1.82. The number of nitrogens with two attached hydrogens (primary N) is 1. The number of aliphatic hydroxyl groups is 10. The van der Waals surface area contributed by atoms with Gasteiger partial charge in [0.1, 0.15) is 91.9 Å². The Morgan fingerprint density at radius 3 is 0.855 bits per heavy atom. The highest BCUT2D eigenvalue weighted by Crippen LogP contribution is 2.46. The zero-order valence-corrected chi connectivity index (χ0v) is 82.6. The first kappa shape index (κ1) is 104. The van der Waals surface area contributed by atoms with Crippen LogP contribution in [-0.4, -0.2) is 404 Å². The van der Waals surface area contributed by atoms with Gasteiger partial charge in [-0.15, -0.1) is 65.9 Å². The van der Waals surface area contributed by atoms with E-state index in [4.69, 9.17) is 29.4 Å². The molecule has 726 valence electrons. The van der Waals surface area contributed by atoms with Gasteiger partial charge in [0.05, 0.1) is 67.8 Å². The number of nitrogens with zero attached hydrogens (tertiary/aromatic N) is 19. The lowest BCUT2D eigenvalue weighted by atomic mass is 10.1. The Bertz CT molecular complexity index is 5600. The summed E-state index contributed by atoms with van der Waals surface area (Å²) < 4.78 is 38.3. The molecule has 10 aromatic heterocycles. The van der Waals surface area contributed by atoms with Gasteiger partial charge >= 0.3 is 0 Å². The smallest absolute Gasteiger partial charge is 0.167 e. The molecule has 0 radical (unpaired) electrons. The predicted molar refractivity (Wildman–Crippen MR) is 533 cm³/mol. The van der Waals surface area contributed by atoms with E-state index in [1.54, 1.807) is 60.7 Å². The minimum Gasteiger partial charge on any atom is -0.388 e. The molecule has 5 aliphatic heterocycles. The van der Waals surface area contributed by atoms with Crippen molar-refractivity contribution in [3.05, 3.63) is 69.2 Å². The van der Waals surface area contributed by atoms with E-state index in [1.807, 2.05) is 20.0 Å². The molecule has 15 rings (SSSR count). The summed E-state index contributed by atoms with van der Waals surface area (Å²) in [4.78, 5) is 60.5. The number of hydrogen-bond donors (Lipinski definition) is 16. The van der Waals surface area contributed by atoms with Crippen LogP contribution in [0.4, 0.5) is 29.0 Å². The standard InChI is InChI=1S/C19H33N6O3P.C18H30N5O3P.C17H28N5O3P.C16H26N5O3P.C16H25N4O3P/c1-29(2,3)10-7-13-15(26)16(27)19(28-13)25-12-24-14-17(22-11-23-18(14)25)21-9-6-4-5-8-20;1-5-6-8-19-16-13-17(21-10-20-16)23(11-22-13)18-15(25)14(24)12(26-18)7-9-27(2,3)4;1-5-7-18-15-12-16(20-9-19-15)22(10-21-12)17-14(24)13(23)11(25-17)6-8-26(2,3)4;1-5-17-14-11-15(19-8-18-14)21(9-20-11)16-13(23)12(22)10(24-16)6-7-25(2,3)4;1-17-10-5-7-18-15-12(10)19-9-20(15)16-14(22)13(21)11(23-16)6-8-24(2,3)4/h11-13,15-16,19,26-27H,1,4-10,20H2,2-3H3,(H,21,22,23);10-12,14-15,18,24-25H,2,5-9H2,1,3-4H3,(H,19,20,21);9-11,13-14,17,23-24H,2,5-8H2,1,3-4H3,(H,18,19,20);8-10,12-13,16,22-23H,2,5-7H2,1,3-4H3,(H,17,18,19);5,7,9,11,13-14,16,21-22H,2,6,8H2,1,3-4H3,(H,17,18)/t13-,15-,16-,19?;12-,14-,15-,18?;11-,13-,14-,17?;10-,12-,13-,16?;11-,13-,14-,16?/m11111/s1. The van der Waals surface area contributed by atoms with Crippen LogP contribution in [-0.2, 0) is 23.7 Å². The van der Waals surface area contributed by atoms with Gasteiger partial charge in [-0.05, 0) is 175 Å². The maximum absolute atomic E-state index is 10.6. The zero-order valence-electron chi connectivity index (χ0n) is 78.1. The summed E-state index contributed by atoms with van der Waals surface area (Å²) in [6.07, 6.45) is 34.8. The molecule has 5 saturated heterocycles. The third-order valence-electron chi connectivity index (χ3n) is 23.2. The molecule has 17 N–H and O–H groups in total. The molecule has 40 nitrogen and oxygen atoms in total. The number of rotatable bonds is 36. The fraction of sp³-hybridized carbons (Fsp3) is 0.640. The largest absolute Gasteiger partial charge is 0.388 e. The zero-order chi connectivity index (χ0) is 95.2. The van der Waals surface area contributed by atoms with Crippen molar-refractivity contribution in [3.63, 3.8) is 0 Å². The van der Waals surface area contributed by atoms with Gasteiger partial charge in [-0.25, -0.2) is 69.8 Å². The average molecular weight is 1920 g/mol. The second-order valence-corrected chi connectivity index (χ2v) is 59.2. The Hall–Kier alpha value is -7.32. The normalized spacial score (nSPS) is 26.4. The minimum atomic E-state index is -1.24. The number of imidazole rings is 5. The number of aliphatic hydroxyl groups excluding tert-OH is 10. The summed E-state index contributed by atoms with van der Waals surface area (Å²) in [5, 5.41) is 121. The van der Waals surface area contributed by atoms with Crippen LogP contribution in [0.25, 0.3) is 55.8 Å². The van der Waals surface area contributed by atoms with Crippen LogP contribution in [0.15, 0.2) is 69.2 Å². The number of pyridine rings is 1. The Labute approximate surface area is 766 Å². The first-order chi connectivity index (χ1) is 62.1. The van der Waals surface area contributed by atoms with Crippen LogP contribution in [0.5, 0.6) is 0 Å². The average Bonchev–Trinajstić information content (AvgIpc) is 1.65. The number of nitrogens with one attached hydrogen (secondary N) is 5. The maximum atomic E-state index is 10.6. The highest BCUT2D eigenvalue weighted by atomic mass is 31.2. The lowest BCUT2D eigenvalue weighted by Crippen LogP contribution is -2.31. The molecule has 15 heterocycles. The van der Waals surface area contributed by atoms with Crippen molar-refractivity contribution < 1.29 is 74.7 Å². The summed E-state index contributed by atoms with van der Waals surface area (Å²) >= 11 is 0. The molecule has 5 unspecified atom stereocenters. The van der Waals surface area contributed by atoms with Crippen LogP contribution < -0.4 is 32.3 Å². The number of hydrogen-bond acceptors (Lipinski definition) is 35. The van der Waals surface area contributed by atoms with E-state index in [1.165, 1.54) is 25.3 Å². The Balaban J connectivity index is 0.000000158. The summed E-state index contributed by atoms with van der Waals surface area (Å²) in [6.45, 7) is 25.3. The fourth-order valence-electron chi connectivity index (χ4n) is 15.8. The lowest BCUT2D eigenvalue weighted by molar-refractivity contribution is -0.0353. The maximum Gasteiger partial charge on any atom is 0.167 e. The monoisotopic (exact) mass is 1920 g/mol. The molecule has 0 bridgehead atoms. The number of anilines is 5. The summed E-state index contributed by atoms with van der Waals surface area (Å²) in [5.74, 6) is 2.61. The van der Waals surface area contributed by atoms with E-state index in [-0.39, 0.29) is 0 Å². The van der Waals surface area contributed by atoms with E-state index in [0.717, 1.165) is 94.7 Å². The van der Waals surface area contributed by atoms with E-state index in [2.05, 4.69) is 208 Å². The van der Waals surface area contributed by atoms with E-state index in [9.17, 15) is 51.1 Å². The lowest BCUT2D eigenvalue weighted by Gasteiger charge is -2.18. The van der Waals surface area contributed by atoms with E-state index >= 15 is 0 Å². The molecule has 5 fully saturated rings. The molecular weight excluding hydrogens is 1780 g/mol. The van der Waals surface area contributed by atoms with Gasteiger partial charge in [0.25, 0.3) is 0 Å². The number of unbranched alkanes of at least 4 members (excludes halogenated alkanes) is 3. The molecule has 0 aliphatic carbocycles. The van der Waals surface area contributed by atoms with Crippen molar-refractivity contribution in [1.82, 2.24) is 92.6 Å². The first-order valence-corrected chi connectivity index (χ1v) is 60.1. The second-order valence-electron chi connectivity index (χ2n) is 37.6. The van der Waals surface area contributed by atoms with Crippen LogP contribution in [0.3, 0.4) is 0 Å². The van der Waals surface area contributed by atoms with Gasteiger partial charge in [-0.1, -0.05) is 26.7 Å². The van der Waals surface area contributed by atoms with E-state index in [0.29, 0.717) is 124 Å². The Kier molecular flexibility index (Phi) is 36.6. The summed E-state index contributed by atoms with van der Waals surface area (Å²) in [5.41, 5.74) is 12.5. The highest BCUT2D eigenvalue weighted by molar-refractivity contribution is 7.73. The molecule has 5 aliphatic rings. The second kappa shape index (κ2) is 46.0. The molecule has 45 heteroatoms. The predicted octanol–water partition coefficient (Wildman–Crippen LogP) is 6.38. The molecule has 0 amide bonds. The summed E-state index contributed by atoms with van der Waals surface area (Å²) in [6, 6.07) is 1.84. The fourth-order valence-corrected chi connectivity index (χ4v) is 20.6. The molecular formula is C86H142N25O15P5. The molecule has 131 heavy (non-hydrogen) atoms. The van der Waals surface area contributed by atoms with E-state index < -0.39 is 157 Å². The van der Waals surface area contributed by atoms with Crippen molar-refractivity contribution in [2.45, 2.75) is 214 Å². The van der Waals surface area contributed by atoms with Gasteiger partial charge in [0, 0.05) is 39.4 Å². The van der Waals surface area contributed by atoms with Crippen molar-refractivity contribution in [3.8, 4) is 0 Å². The number of fused-ring (bicyclic) bond motifs is 5. The first-order valence-electron chi connectivity index (χ1n) is 44.9. The molecule has 20 atom stereocenters. The van der Waals surface area contributed by atoms with Crippen LogP contribution in [0.2, 0.25) is 0 Å². The van der Waals surface area contributed by atoms with Gasteiger partial charge < -0.3 is 107 Å². The molecule has 0 saturated carbocycles. The van der Waals surface area contributed by atoms with Gasteiger partial charge in [-0.2, -0.15) is 0 Å². The van der Waals surface area contributed by atoms with Gasteiger partial charge in [-0.3, -0.25) is 22.8 Å². The number of aromatic nitrogens is 19. The SMILES string of the molecule is C=P(C)(C)CC[C@H]1OC(n2cnc3c(NC)ccnc32)[C@H](O)[C@@H]1O.C=P(C)(C)CC[C@H]1OC(n2cnc3c(NCC)ncnc32)[C@H](O)[C@@H]1O.C=P(C)(C)CC[C@H]1OC(n2cnc3c(NCCC)ncnc32)[C@H](O)[C@@H]1O.C=P(C)(C)CC[C@H]1OC(n2cnc3c(NCCCC)ncnc32)[C@H](O)[C@@H]1O.C=P(C)(C)CC[C@H]1OC(n2cnc3c(NCCCCCN)ncnc32)[C@H](O)[C@@H]1O. The topological polar surface area (TPSA) is 540 Å². The van der Waals surface area contributed by atoms with Crippen LogP contribution in [0, 0.1) is 0 Å². The van der Waals surface area contributed by atoms with Crippen molar-refractivity contribution in [2.75, 3.05) is 164 Å². The van der Waals surface area contributed by atoms with Crippen LogP contribution in [0.1, 0.15) is 123 Å².